The van der Waals surface area contributed by atoms with Crippen LogP contribution < -0.4 is 0 Å². The van der Waals surface area contributed by atoms with Crippen LogP contribution >= 0.6 is 0 Å². The second-order valence-electron chi connectivity index (χ2n) is 1.40. The van der Waals surface area contributed by atoms with Crippen LogP contribution in [0, 0.1) is 0 Å². The average molecular weight is 121 g/mol. The monoisotopic (exact) mass is 121 g/mol. The Morgan fingerprint density at radius 3 is 1.80 bits per heavy atom. The number of nitrogens with zero attached hydrogens (tertiary/aromatic N) is 1. The molecule has 0 aliphatic carbocycles. The summed E-state index contributed by atoms with van der Waals surface area (Å²) in [4.78, 5) is 0. The van der Waals surface area contributed by atoms with E-state index < -0.39 is 0 Å². The lowest BCUT2D eigenvalue weighted by Crippen LogP contribution is -2.17. The van der Waals surface area contributed by atoms with Gasteiger partial charge in [0.05, 0.1) is 30.5 Å². The molecule has 5 heavy (non-hydrogen) atoms. The topological polar surface area (TPSA) is 3.24 Å². The van der Waals surface area contributed by atoms with Gasteiger partial charge in [0.1, 0.15) is 0 Å². The minimum absolute atomic E-state index is 0.306. The van der Waals surface area contributed by atoms with E-state index in [1.165, 1.54) is 20.8 Å². The summed E-state index contributed by atoms with van der Waals surface area (Å²) in [5, 5.41) is 0. The summed E-state index contributed by atoms with van der Waals surface area (Å²) in [6.45, 7) is 2.33. The Balaban J connectivity index is 2.54. The summed E-state index contributed by atoms with van der Waals surface area (Å²) in [5.74, 6) is 0. The molecule has 0 saturated heterocycles. The fourth-order valence-corrected chi connectivity index (χ4v) is 0. The first-order valence-corrected chi connectivity index (χ1v) is 5.75. The van der Waals surface area contributed by atoms with Gasteiger partial charge in [-0.1, -0.05) is 6.55 Å². The van der Waals surface area contributed by atoms with Crippen LogP contribution in [0.15, 0.2) is 0 Å². The summed E-state index contributed by atoms with van der Waals surface area (Å²) in [7, 11) is 2.96. The van der Waals surface area contributed by atoms with E-state index in [4.69, 9.17) is 0 Å². The average Bonchev–Trinajstić information content (AvgIpc) is 1.38. The molecular weight excluding hydrogens is 110 g/mol. The minimum Gasteiger partial charge on any atom is -0.388 e. The Hall–Kier alpha value is 0.611. The molecule has 0 aliphatic rings. The van der Waals surface area contributed by atoms with Crippen LogP contribution in [0.3, 0.4) is 0 Å². The van der Waals surface area contributed by atoms with Crippen molar-refractivity contribution in [3.8, 4) is 0 Å². The SMILES string of the molecule is C[SiH2]N([SiH3])[SiH3]. The first-order chi connectivity index (χ1) is 2.27. The summed E-state index contributed by atoms with van der Waals surface area (Å²) in [6.07, 6.45) is 0. The van der Waals surface area contributed by atoms with Crippen molar-refractivity contribution in [1.82, 2.24) is 3.90 Å². The lowest BCUT2D eigenvalue weighted by atomic mass is 11.9. The highest BCUT2D eigenvalue weighted by molar-refractivity contribution is 6.51. The van der Waals surface area contributed by atoms with E-state index in [1.807, 2.05) is 0 Å². The smallest absolute Gasteiger partial charge is 0.0766 e. The molecule has 32 valence electrons. The fourth-order valence-electron chi connectivity index (χ4n) is 0. The van der Waals surface area contributed by atoms with Gasteiger partial charge in [0, 0.05) is 0 Å². The Morgan fingerprint density at radius 1 is 1.60 bits per heavy atom. The molecule has 0 aromatic heterocycles. The molecule has 0 N–H and O–H groups in total. The van der Waals surface area contributed by atoms with Crippen molar-refractivity contribution in [2.24, 2.45) is 0 Å². The third-order valence-electron chi connectivity index (χ3n) is 0.632. The number of hydrogen-bond donors (Lipinski definition) is 0. The third-order valence-corrected chi connectivity index (χ3v) is 5.69. The molecule has 0 amide bonds. The first kappa shape index (κ1) is 5.61. The zero-order valence-electron chi connectivity index (χ0n) is 4.15. The normalized spacial score (nSPS) is 13.2. The van der Waals surface area contributed by atoms with Crippen molar-refractivity contribution >= 4 is 30.5 Å². The largest absolute Gasteiger partial charge is 0.388 e. The van der Waals surface area contributed by atoms with Crippen LogP contribution in [0.5, 0.6) is 0 Å². The first-order valence-electron chi connectivity index (χ1n) is 1.92. The maximum Gasteiger partial charge on any atom is 0.0766 e. The van der Waals surface area contributed by atoms with Crippen molar-refractivity contribution in [2.45, 2.75) is 6.55 Å². The molecule has 0 radical (unpaired) electrons. The van der Waals surface area contributed by atoms with Crippen molar-refractivity contribution in [1.29, 1.82) is 0 Å². The second-order valence-corrected chi connectivity index (χ2v) is 10.7. The van der Waals surface area contributed by atoms with Gasteiger partial charge in [0.25, 0.3) is 0 Å². The Bertz CT molecular complexity index is 20.9. The van der Waals surface area contributed by atoms with Crippen LogP contribution in [0.2, 0.25) is 6.55 Å². The van der Waals surface area contributed by atoms with E-state index in [9.17, 15) is 0 Å². The molecular formula is CH11NSi3. The van der Waals surface area contributed by atoms with Gasteiger partial charge in [-0.25, -0.2) is 0 Å². The molecule has 0 atom stereocenters. The van der Waals surface area contributed by atoms with E-state index in [-0.39, 0.29) is 0 Å². The second kappa shape index (κ2) is 2.83. The quantitative estimate of drug-likeness (QED) is 0.334. The van der Waals surface area contributed by atoms with Crippen molar-refractivity contribution in [2.75, 3.05) is 0 Å². The highest BCUT2D eigenvalue weighted by Crippen LogP contribution is 1.56. The van der Waals surface area contributed by atoms with E-state index in [1.54, 1.807) is 0 Å². The van der Waals surface area contributed by atoms with Crippen LogP contribution in [0.25, 0.3) is 0 Å². The zero-order chi connectivity index (χ0) is 4.28. The molecule has 1 nitrogen and oxygen atoms in total. The minimum atomic E-state index is 0.306. The third kappa shape index (κ3) is 4.61. The molecule has 0 aromatic carbocycles. The Morgan fingerprint density at radius 2 is 1.80 bits per heavy atom. The maximum absolute atomic E-state index is 2.54. The van der Waals surface area contributed by atoms with Crippen molar-refractivity contribution < 1.29 is 0 Å². The van der Waals surface area contributed by atoms with E-state index in [2.05, 4.69) is 10.4 Å². The molecule has 0 saturated carbocycles. The molecule has 0 unspecified atom stereocenters. The molecule has 4 heteroatoms. The highest BCUT2D eigenvalue weighted by Gasteiger charge is 1.73. The van der Waals surface area contributed by atoms with Crippen molar-refractivity contribution in [3.63, 3.8) is 0 Å². The fraction of sp³-hybridized carbons (Fsp3) is 1.00. The van der Waals surface area contributed by atoms with Gasteiger partial charge < -0.3 is 3.90 Å². The maximum atomic E-state index is 2.54. The molecule has 0 aliphatic heterocycles. The summed E-state index contributed by atoms with van der Waals surface area (Å²) in [6, 6.07) is 0. The van der Waals surface area contributed by atoms with Gasteiger partial charge in [-0.05, 0) is 0 Å². The molecule has 0 rings (SSSR count). The van der Waals surface area contributed by atoms with Crippen LogP contribution in [-0.4, -0.2) is 34.4 Å². The van der Waals surface area contributed by atoms with Gasteiger partial charge in [0.15, 0.2) is 0 Å². The summed E-state index contributed by atoms with van der Waals surface area (Å²) >= 11 is 0. The van der Waals surface area contributed by atoms with Crippen LogP contribution in [-0.2, 0) is 0 Å². The molecule has 0 fully saturated rings. The van der Waals surface area contributed by atoms with Gasteiger partial charge in [0.2, 0.25) is 0 Å². The predicted octanol–water partition coefficient (Wildman–Crippen LogP) is -3.02. The molecule has 0 heterocycles. The Labute approximate surface area is 41.7 Å². The van der Waals surface area contributed by atoms with Gasteiger partial charge >= 0.3 is 0 Å². The standard InChI is InChI=1S/CH11NSi3/c1-5-2(3)4/h5H2,1,3-4H3. The highest BCUT2D eigenvalue weighted by atomic mass is 28.3. The number of hydrogen-bond acceptors (Lipinski definition) is 1. The lowest BCUT2D eigenvalue weighted by Gasteiger charge is -2.00. The van der Waals surface area contributed by atoms with Gasteiger partial charge in [-0.3, -0.25) is 0 Å². The molecule has 0 bridgehead atoms. The van der Waals surface area contributed by atoms with Crippen molar-refractivity contribution in [3.05, 3.63) is 0 Å². The van der Waals surface area contributed by atoms with Crippen LogP contribution in [0.1, 0.15) is 0 Å². The zero-order valence-corrected chi connectivity index (χ0v) is 9.57. The van der Waals surface area contributed by atoms with Crippen LogP contribution in [0.4, 0.5) is 0 Å². The summed E-state index contributed by atoms with van der Waals surface area (Å²) in [5.41, 5.74) is 0. The molecule has 0 spiro atoms. The predicted molar refractivity (Wildman–Crippen MR) is 36.1 cm³/mol. The lowest BCUT2D eigenvalue weighted by molar-refractivity contribution is 1.15. The van der Waals surface area contributed by atoms with Gasteiger partial charge in [-0.15, -0.1) is 0 Å². The summed E-state index contributed by atoms with van der Waals surface area (Å²) < 4.78 is 2.54. The number of rotatable bonds is 1. The Kier molecular flexibility index (Phi) is 3.17. The van der Waals surface area contributed by atoms with E-state index in [0.29, 0.717) is 9.68 Å². The van der Waals surface area contributed by atoms with E-state index in [0.717, 1.165) is 0 Å². The van der Waals surface area contributed by atoms with Gasteiger partial charge in [-0.2, -0.15) is 0 Å². The van der Waals surface area contributed by atoms with E-state index >= 15 is 0 Å². The molecule has 0 aromatic rings.